The van der Waals surface area contributed by atoms with Gasteiger partial charge in [0.05, 0.1) is 4.45 Å². The Morgan fingerprint density at radius 3 is 2.33 bits per heavy atom. The Balaban J connectivity index is 4.43. The molecule has 0 aromatic heterocycles. The second-order valence-corrected chi connectivity index (χ2v) is 5.76. The molecule has 0 fully saturated rings. The van der Waals surface area contributed by atoms with Gasteiger partial charge in [0, 0.05) is 0 Å². The Bertz CT molecular complexity index is 237. The van der Waals surface area contributed by atoms with Gasteiger partial charge in [0.2, 0.25) is 0 Å². The minimum absolute atomic E-state index is 0.0967. The summed E-state index contributed by atoms with van der Waals surface area (Å²) in [6, 6.07) is 0. The van der Waals surface area contributed by atoms with Gasteiger partial charge in [-0.2, -0.15) is 13.1 Å². The topological polar surface area (TPSA) is 66.4 Å². The van der Waals surface area contributed by atoms with Gasteiger partial charge in [0.15, 0.2) is 0 Å². The van der Waals surface area contributed by atoms with E-state index in [4.69, 9.17) is 4.55 Å². The van der Waals surface area contributed by atoms with Gasteiger partial charge < -0.3 is 0 Å². The highest BCUT2D eigenvalue weighted by Gasteiger charge is 2.30. The molecule has 0 radical (unpaired) electrons. The fourth-order valence-corrected chi connectivity index (χ4v) is 2.38. The summed E-state index contributed by atoms with van der Waals surface area (Å²) in [5.74, 6) is 0.0967. The molecule has 0 aromatic rings. The molecule has 0 aliphatic heterocycles. The van der Waals surface area contributed by atoms with Crippen molar-refractivity contribution in [2.75, 3.05) is 0 Å². The van der Waals surface area contributed by atoms with Gasteiger partial charge in [0.1, 0.15) is 0 Å². The van der Waals surface area contributed by atoms with Crippen LogP contribution in [-0.4, -0.2) is 17.4 Å². The van der Waals surface area contributed by atoms with Crippen molar-refractivity contribution < 1.29 is 13.0 Å². The number of alkyl halides is 1. The van der Waals surface area contributed by atoms with Crippen molar-refractivity contribution in [1.29, 1.82) is 0 Å². The van der Waals surface area contributed by atoms with Crippen LogP contribution in [0.3, 0.4) is 0 Å². The van der Waals surface area contributed by atoms with E-state index >= 15 is 0 Å². The normalized spacial score (nSPS) is 20.1. The summed E-state index contributed by atoms with van der Waals surface area (Å²) >= 11 is 3.19. The van der Waals surface area contributed by atoms with Crippen LogP contribution in [0, 0.1) is 5.92 Å². The predicted octanol–water partition coefficient (Wildman–Crippen LogP) is 1.54. The quantitative estimate of drug-likeness (QED) is 0.457. The fourth-order valence-electron chi connectivity index (χ4n) is 0.736. The van der Waals surface area contributed by atoms with E-state index in [0.29, 0.717) is 0 Å². The number of rotatable bonds is 4. The third kappa shape index (κ3) is 4.39. The molecule has 12 heavy (non-hydrogen) atoms. The lowest BCUT2D eigenvalue weighted by atomic mass is 10.0. The van der Waals surface area contributed by atoms with Crippen LogP contribution in [0.5, 0.6) is 0 Å². The molecule has 0 bridgehead atoms. The van der Waals surface area contributed by atoms with Gasteiger partial charge in [-0.1, -0.05) is 36.2 Å². The summed E-state index contributed by atoms with van der Waals surface area (Å²) in [5, 5.41) is 0. The van der Waals surface area contributed by atoms with E-state index in [1.807, 2.05) is 13.8 Å². The molecular formula is C6H14BrNO3S. The largest absolute Gasteiger partial charge is 0.334 e. The standard InChI is InChI=1S/C6H14BrNO3S/c1-4-5(2)6(3,7)8-12(9,10)11/h5,8H,4H2,1-3H3,(H,9,10,11). The van der Waals surface area contributed by atoms with Crippen LogP contribution < -0.4 is 4.72 Å². The molecular weight excluding hydrogens is 246 g/mol. The van der Waals surface area contributed by atoms with E-state index in [-0.39, 0.29) is 5.92 Å². The molecule has 4 nitrogen and oxygen atoms in total. The minimum Gasteiger partial charge on any atom is -0.273 e. The van der Waals surface area contributed by atoms with E-state index in [9.17, 15) is 8.42 Å². The highest BCUT2D eigenvalue weighted by atomic mass is 79.9. The molecule has 6 heteroatoms. The first-order valence-corrected chi connectivity index (χ1v) is 5.87. The molecule has 0 saturated carbocycles. The Labute approximate surface area is 81.7 Å². The van der Waals surface area contributed by atoms with E-state index < -0.39 is 14.8 Å². The van der Waals surface area contributed by atoms with Crippen molar-refractivity contribution in [2.24, 2.45) is 5.92 Å². The highest BCUT2D eigenvalue weighted by molar-refractivity contribution is 9.10. The Hall–Kier alpha value is 0.350. The van der Waals surface area contributed by atoms with E-state index in [0.717, 1.165) is 6.42 Å². The van der Waals surface area contributed by atoms with Crippen molar-refractivity contribution >= 4 is 26.2 Å². The summed E-state index contributed by atoms with van der Waals surface area (Å²) in [5.41, 5.74) is 0. The third-order valence-electron chi connectivity index (χ3n) is 1.87. The van der Waals surface area contributed by atoms with Crippen molar-refractivity contribution in [1.82, 2.24) is 4.72 Å². The number of hydrogen-bond acceptors (Lipinski definition) is 2. The van der Waals surface area contributed by atoms with Crippen LogP contribution in [0.2, 0.25) is 0 Å². The molecule has 2 atom stereocenters. The average molecular weight is 260 g/mol. The zero-order valence-electron chi connectivity index (χ0n) is 7.33. The Morgan fingerprint density at radius 1 is 1.67 bits per heavy atom. The van der Waals surface area contributed by atoms with Crippen molar-refractivity contribution in [2.45, 2.75) is 31.6 Å². The molecule has 0 aliphatic rings. The second-order valence-electron chi connectivity index (χ2n) is 2.96. The van der Waals surface area contributed by atoms with E-state index in [1.165, 1.54) is 0 Å². The van der Waals surface area contributed by atoms with E-state index in [1.54, 1.807) is 6.92 Å². The van der Waals surface area contributed by atoms with Gasteiger partial charge >= 0.3 is 10.3 Å². The molecule has 74 valence electrons. The molecule has 0 heterocycles. The summed E-state index contributed by atoms with van der Waals surface area (Å²) < 4.78 is 30.8. The van der Waals surface area contributed by atoms with Gasteiger partial charge in [-0.25, -0.2) is 0 Å². The van der Waals surface area contributed by atoms with Gasteiger partial charge in [0.25, 0.3) is 0 Å². The lowest BCUT2D eigenvalue weighted by molar-refractivity contribution is 0.380. The predicted molar refractivity (Wildman–Crippen MR) is 51.5 cm³/mol. The maximum atomic E-state index is 10.5. The van der Waals surface area contributed by atoms with Crippen LogP contribution in [0.4, 0.5) is 0 Å². The summed E-state index contributed by atoms with van der Waals surface area (Å²) in [4.78, 5) is 0. The maximum absolute atomic E-state index is 10.5. The average Bonchev–Trinajstić information content (AvgIpc) is 1.80. The van der Waals surface area contributed by atoms with Crippen LogP contribution in [0.1, 0.15) is 27.2 Å². The Morgan fingerprint density at radius 2 is 2.08 bits per heavy atom. The maximum Gasteiger partial charge on any atom is 0.334 e. The van der Waals surface area contributed by atoms with Gasteiger partial charge in [-0.05, 0) is 12.8 Å². The lowest BCUT2D eigenvalue weighted by Crippen LogP contribution is -2.45. The first kappa shape index (κ1) is 12.3. The number of nitrogens with one attached hydrogen (secondary N) is 1. The Kier molecular flexibility index (Phi) is 4.16. The lowest BCUT2D eigenvalue weighted by Gasteiger charge is -2.28. The molecule has 0 amide bonds. The smallest absolute Gasteiger partial charge is 0.273 e. The summed E-state index contributed by atoms with van der Waals surface area (Å²) in [7, 11) is -4.13. The summed E-state index contributed by atoms with van der Waals surface area (Å²) in [6.07, 6.45) is 0.810. The fraction of sp³-hybridized carbons (Fsp3) is 1.00. The molecule has 0 saturated heterocycles. The van der Waals surface area contributed by atoms with Crippen LogP contribution >= 0.6 is 15.9 Å². The van der Waals surface area contributed by atoms with Gasteiger partial charge in [-0.15, -0.1) is 0 Å². The monoisotopic (exact) mass is 259 g/mol. The van der Waals surface area contributed by atoms with Crippen LogP contribution in [0.25, 0.3) is 0 Å². The first-order valence-electron chi connectivity index (χ1n) is 3.64. The summed E-state index contributed by atoms with van der Waals surface area (Å²) in [6.45, 7) is 5.48. The van der Waals surface area contributed by atoms with Crippen molar-refractivity contribution in [3.63, 3.8) is 0 Å². The van der Waals surface area contributed by atoms with E-state index in [2.05, 4.69) is 20.7 Å². The molecule has 0 spiro atoms. The molecule has 0 rings (SSSR count). The zero-order valence-corrected chi connectivity index (χ0v) is 9.74. The minimum atomic E-state index is -4.13. The van der Waals surface area contributed by atoms with Crippen LogP contribution in [-0.2, 0) is 10.3 Å². The van der Waals surface area contributed by atoms with Crippen molar-refractivity contribution in [3.8, 4) is 0 Å². The zero-order chi connectivity index (χ0) is 9.99. The number of halogens is 1. The second kappa shape index (κ2) is 4.04. The molecule has 0 aromatic carbocycles. The molecule has 2 N–H and O–H groups in total. The van der Waals surface area contributed by atoms with Crippen LogP contribution in [0.15, 0.2) is 0 Å². The molecule has 0 aliphatic carbocycles. The molecule has 2 unspecified atom stereocenters. The first-order chi connectivity index (χ1) is 5.19. The highest BCUT2D eigenvalue weighted by Crippen LogP contribution is 2.26. The SMILES string of the molecule is CCC(C)C(C)(Br)NS(=O)(=O)O. The number of hydrogen-bond donors (Lipinski definition) is 2. The van der Waals surface area contributed by atoms with Gasteiger partial charge in [-0.3, -0.25) is 4.55 Å². The van der Waals surface area contributed by atoms with Crippen molar-refractivity contribution in [3.05, 3.63) is 0 Å². The third-order valence-corrected chi connectivity index (χ3v) is 3.79.